The summed E-state index contributed by atoms with van der Waals surface area (Å²) in [7, 11) is 0. The lowest BCUT2D eigenvalue weighted by Gasteiger charge is -2.24. The van der Waals surface area contributed by atoms with Crippen molar-refractivity contribution in [2.24, 2.45) is 5.92 Å². The van der Waals surface area contributed by atoms with E-state index < -0.39 is 5.79 Å². The van der Waals surface area contributed by atoms with E-state index in [2.05, 4.69) is 0 Å². The number of aliphatic hydroxyl groups is 2. The highest BCUT2D eigenvalue weighted by atomic mass is 16.5. The van der Waals surface area contributed by atoms with Gasteiger partial charge in [0.25, 0.3) is 0 Å². The molecule has 0 aliphatic carbocycles. The van der Waals surface area contributed by atoms with Crippen LogP contribution in [0.5, 0.6) is 0 Å². The second kappa shape index (κ2) is 5.12. The minimum Gasteiger partial charge on any atom is -0.362 e. The zero-order valence-corrected chi connectivity index (χ0v) is 7.99. The van der Waals surface area contributed by atoms with E-state index in [9.17, 15) is 10.2 Å². The molecule has 0 amide bonds. The molecule has 70 valence electrons. The first-order chi connectivity index (χ1) is 5.58. The number of rotatable bonds is 4. The molecular formula is C10H18O2. The molecule has 0 aromatic heterocycles. The van der Waals surface area contributed by atoms with Gasteiger partial charge in [-0.2, -0.15) is 0 Å². The summed E-state index contributed by atoms with van der Waals surface area (Å²) in [5.74, 6) is -1.92. The molecule has 0 bridgehead atoms. The van der Waals surface area contributed by atoms with Gasteiger partial charge in [-0.05, 0) is 26.3 Å². The van der Waals surface area contributed by atoms with Gasteiger partial charge < -0.3 is 10.2 Å². The van der Waals surface area contributed by atoms with E-state index in [0.29, 0.717) is 6.42 Å². The van der Waals surface area contributed by atoms with Crippen molar-refractivity contribution in [3.8, 4) is 0 Å². The number of hydrogen-bond acceptors (Lipinski definition) is 2. The lowest BCUT2D eigenvalue weighted by molar-refractivity contribution is -0.147. The van der Waals surface area contributed by atoms with E-state index in [1.807, 2.05) is 19.9 Å². The van der Waals surface area contributed by atoms with Crippen LogP contribution in [0.15, 0.2) is 24.3 Å². The SMILES string of the molecule is C/C=C/C(CC)C(O)(O)/C=C/C. The average Bonchev–Trinajstić information content (AvgIpc) is 1.99. The van der Waals surface area contributed by atoms with Gasteiger partial charge >= 0.3 is 0 Å². The smallest absolute Gasteiger partial charge is 0.189 e. The van der Waals surface area contributed by atoms with Crippen molar-refractivity contribution >= 4 is 0 Å². The zero-order valence-electron chi connectivity index (χ0n) is 7.99. The van der Waals surface area contributed by atoms with E-state index in [1.165, 1.54) is 6.08 Å². The molecule has 0 spiro atoms. The third kappa shape index (κ3) is 3.20. The standard InChI is InChI=1S/C10H18O2/c1-4-7-9(6-3)10(11,12)8-5-2/h4-5,7-9,11-12H,6H2,1-3H3/b7-4+,8-5+. The normalized spacial score (nSPS) is 16.1. The molecule has 2 heteroatoms. The largest absolute Gasteiger partial charge is 0.362 e. The monoisotopic (exact) mass is 170 g/mol. The van der Waals surface area contributed by atoms with Crippen molar-refractivity contribution in [2.75, 3.05) is 0 Å². The molecule has 1 unspecified atom stereocenters. The Morgan fingerprint density at radius 2 is 1.83 bits per heavy atom. The van der Waals surface area contributed by atoms with Crippen LogP contribution in [0.1, 0.15) is 27.2 Å². The Morgan fingerprint density at radius 3 is 2.17 bits per heavy atom. The summed E-state index contributed by atoms with van der Waals surface area (Å²) in [5.41, 5.74) is 0. The number of allylic oxidation sites excluding steroid dienone is 2. The third-order valence-corrected chi connectivity index (χ3v) is 1.82. The van der Waals surface area contributed by atoms with E-state index in [-0.39, 0.29) is 5.92 Å². The number of hydrogen-bond donors (Lipinski definition) is 2. The second-order valence-corrected chi connectivity index (χ2v) is 2.82. The molecular weight excluding hydrogens is 152 g/mol. The molecule has 12 heavy (non-hydrogen) atoms. The summed E-state index contributed by atoms with van der Waals surface area (Å²) in [6.07, 6.45) is 7.40. The summed E-state index contributed by atoms with van der Waals surface area (Å²) in [5, 5.41) is 19.0. The Labute approximate surface area is 74.2 Å². The Kier molecular flexibility index (Phi) is 4.86. The fourth-order valence-electron chi connectivity index (χ4n) is 1.18. The summed E-state index contributed by atoms with van der Waals surface area (Å²) >= 11 is 0. The molecule has 0 aromatic carbocycles. The van der Waals surface area contributed by atoms with Gasteiger partial charge in [-0.15, -0.1) is 0 Å². The molecule has 0 radical (unpaired) electrons. The maximum atomic E-state index is 9.52. The zero-order chi connectivity index (χ0) is 9.61. The van der Waals surface area contributed by atoms with E-state index >= 15 is 0 Å². The topological polar surface area (TPSA) is 40.5 Å². The molecule has 2 N–H and O–H groups in total. The highest BCUT2D eigenvalue weighted by Gasteiger charge is 2.27. The van der Waals surface area contributed by atoms with Gasteiger partial charge in [-0.1, -0.05) is 25.2 Å². The van der Waals surface area contributed by atoms with Crippen LogP contribution in [0.4, 0.5) is 0 Å². The summed E-state index contributed by atoms with van der Waals surface area (Å²) in [6.45, 7) is 5.56. The van der Waals surface area contributed by atoms with Crippen molar-refractivity contribution in [1.29, 1.82) is 0 Å². The summed E-state index contributed by atoms with van der Waals surface area (Å²) in [4.78, 5) is 0. The first-order valence-electron chi connectivity index (χ1n) is 4.29. The second-order valence-electron chi connectivity index (χ2n) is 2.82. The van der Waals surface area contributed by atoms with Gasteiger partial charge in [0.05, 0.1) is 0 Å². The predicted octanol–water partition coefficient (Wildman–Crippen LogP) is 1.85. The van der Waals surface area contributed by atoms with Crippen LogP contribution in [0.25, 0.3) is 0 Å². The Morgan fingerprint density at radius 1 is 1.25 bits per heavy atom. The highest BCUT2D eigenvalue weighted by molar-refractivity contribution is 5.02. The van der Waals surface area contributed by atoms with Crippen LogP contribution >= 0.6 is 0 Å². The molecule has 0 fully saturated rings. The molecule has 0 aromatic rings. The minimum absolute atomic E-state index is 0.223. The molecule has 0 aliphatic heterocycles. The van der Waals surface area contributed by atoms with Crippen LogP contribution in [0.2, 0.25) is 0 Å². The molecule has 0 rings (SSSR count). The minimum atomic E-state index is -1.70. The summed E-state index contributed by atoms with van der Waals surface area (Å²) in [6, 6.07) is 0. The molecule has 0 heterocycles. The Bertz CT molecular complexity index is 169. The Balaban J connectivity index is 4.46. The fraction of sp³-hybridized carbons (Fsp3) is 0.600. The quantitative estimate of drug-likeness (QED) is 0.499. The van der Waals surface area contributed by atoms with Crippen LogP contribution in [0, 0.1) is 5.92 Å². The Hall–Kier alpha value is -0.600. The van der Waals surface area contributed by atoms with Crippen LogP contribution in [0.3, 0.4) is 0 Å². The van der Waals surface area contributed by atoms with Crippen LogP contribution in [-0.4, -0.2) is 16.0 Å². The predicted molar refractivity (Wildman–Crippen MR) is 50.6 cm³/mol. The van der Waals surface area contributed by atoms with Gasteiger partial charge in [-0.25, -0.2) is 0 Å². The maximum absolute atomic E-state index is 9.52. The van der Waals surface area contributed by atoms with Crippen molar-refractivity contribution in [1.82, 2.24) is 0 Å². The van der Waals surface area contributed by atoms with Crippen molar-refractivity contribution in [3.05, 3.63) is 24.3 Å². The van der Waals surface area contributed by atoms with E-state index in [4.69, 9.17) is 0 Å². The van der Waals surface area contributed by atoms with Crippen molar-refractivity contribution in [2.45, 2.75) is 33.0 Å². The van der Waals surface area contributed by atoms with Gasteiger partial charge in [0, 0.05) is 5.92 Å². The average molecular weight is 170 g/mol. The van der Waals surface area contributed by atoms with Crippen molar-refractivity contribution < 1.29 is 10.2 Å². The molecule has 0 aliphatic rings. The van der Waals surface area contributed by atoms with E-state index in [0.717, 1.165) is 0 Å². The lowest BCUT2D eigenvalue weighted by atomic mass is 9.95. The molecule has 0 saturated carbocycles. The van der Waals surface area contributed by atoms with E-state index in [1.54, 1.807) is 19.1 Å². The third-order valence-electron chi connectivity index (χ3n) is 1.82. The van der Waals surface area contributed by atoms with Gasteiger partial charge in [0.1, 0.15) is 0 Å². The van der Waals surface area contributed by atoms with Crippen LogP contribution in [-0.2, 0) is 0 Å². The first kappa shape index (κ1) is 11.4. The molecule has 1 atom stereocenters. The van der Waals surface area contributed by atoms with Gasteiger partial charge in [0.2, 0.25) is 0 Å². The van der Waals surface area contributed by atoms with Crippen LogP contribution < -0.4 is 0 Å². The first-order valence-corrected chi connectivity index (χ1v) is 4.29. The highest BCUT2D eigenvalue weighted by Crippen LogP contribution is 2.20. The fourth-order valence-corrected chi connectivity index (χ4v) is 1.18. The lowest BCUT2D eigenvalue weighted by Crippen LogP contribution is -2.33. The molecule has 0 saturated heterocycles. The van der Waals surface area contributed by atoms with Crippen molar-refractivity contribution in [3.63, 3.8) is 0 Å². The molecule has 2 nitrogen and oxygen atoms in total. The summed E-state index contributed by atoms with van der Waals surface area (Å²) < 4.78 is 0. The maximum Gasteiger partial charge on any atom is 0.189 e. The van der Waals surface area contributed by atoms with Gasteiger partial charge in [-0.3, -0.25) is 0 Å². The van der Waals surface area contributed by atoms with Gasteiger partial charge in [0.15, 0.2) is 5.79 Å².